The van der Waals surface area contributed by atoms with Crippen LogP contribution in [0.25, 0.3) is 0 Å². The van der Waals surface area contributed by atoms with Crippen LogP contribution in [-0.2, 0) is 4.84 Å². The topological polar surface area (TPSA) is 21.6 Å². The van der Waals surface area contributed by atoms with E-state index in [1.54, 1.807) is 0 Å². The molecular formula is C7H11NO. The van der Waals surface area contributed by atoms with E-state index >= 15 is 0 Å². The van der Waals surface area contributed by atoms with Crippen molar-refractivity contribution in [2.24, 2.45) is 11.1 Å². The molecule has 0 aliphatic heterocycles. The third-order valence-corrected chi connectivity index (χ3v) is 1.74. The first-order valence-electron chi connectivity index (χ1n) is 3.16. The first-order valence-corrected chi connectivity index (χ1v) is 3.16. The molecule has 0 atom stereocenters. The van der Waals surface area contributed by atoms with Crippen molar-refractivity contribution in [1.29, 1.82) is 0 Å². The van der Waals surface area contributed by atoms with Gasteiger partial charge in [0.2, 0.25) is 0 Å². The average molecular weight is 125 g/mol. The van der Waals surface area contributed by atoms with Gasteiger partial charge in [-0.1, -0.05) is 18.2 Å². The molecule has 0 N–H and O–H groups in total. The molecule has 1 aliphatic rings. The number of hydrogen-bond donors (Lipinski definition) is 0. The standard InChI is InChI=1S/C7H11NO/c1-6(9-8-2)7-4-3-5-7/h7H,1-5H2. The van der Waals surface area contributed by atoms with Gasteiger partial charge in [0.15, 0.2) is 0 Å². The van der Waals surface area contributed by atoms with Crippen molar-refractivity contribution in [2.45, 2.75) is 19.3 Å². The maximum absolute atomic E-state index is 4.77. The Morgan fingerprint density at radius 1 is 1.56 bits per heavy atom. The predicted molar refractivity (Wildman–Crippen MR) is 37.1 cm³/mol. The van der Waals surface area contributed by atoms with Crippen molar-refractivity contribution in [1.82, 2.24) is 0 Å². The summed E-state index contributed by atoms with van der Waals surface area (Å²) in [4.78, 5) is 4.77. The lowest BCUT2D eigenvalue weighted by Crippen LogP contribution is -2.13. The zero-order valence-corrected chi connectivity index (χ0v) is 5.47. The van der Waals surface area contributed by atoms with Gasteiger partial charge >= 0.3 is 0 Å². The Morgan fingerprint density at radius 2 is 2.22 bits per heavy atom. The molecule has 0 bridgehead atoms. The summed E-state index contributed by atoms with van der Waals surface area (Å²) in [5.41, 5.74) is 0. The van der Waals surface area contributed by atoms with Crippen molar-refractivity contribution in [3.05, 3.63) is 12.3 Å². The molecule has 0 amide bonds. The van der Waals surface area contributed by atoms with Crippen LogP contribution in [0.15, 0.2) is 17.5 Å². The largest absolute Gasteiger partial charge is 0.362 e. The molecule has 0 radical (unpaired) electrons. The van der Waals surface area contributed by atoms with Crippen LogP contribution in [0.5, 0.6) is 0 Å². The highest BCUT2D eigenvalue weighted by molar-refractivity contribution is 5.21. The normalized spacial score (nSPS) is 18.2. The summed E-state index contributed by atoms with van der Waals surface area (Å²) in [6.07, 6.45) is 3.70. The van der Waals surface area contributed by atoms with Gasteiger partial charge in [-0.2, -0.15) is 0 Å². The molecule has 2 heteroatoms. The van der Waals surface area contributed by atoms with E-state index in [0.29, 0.717) is 5.92 Å². The monoisotopic (exact) mass is 125 g/mol. The zero-order chi connectivity index (χ0) is 6.69. The third-order valence-electron chi connectivity index (χ3n) is 1.74. The molecule has 0 spiro atoms. The predicted octanol–water partition coefficient (Wildman–Crippen LogP) is 1.93. The fraction of sp³-hybridized carbons (Fsp3) is 0.571. The SMILES string of the molecule is C=NOC(=C)C1CCC1. The second-order valence-electron chi connectivity index (χ2n) is 2.31. The quantitative estimate of drug-likeness (QED) is 0.321. The van der Waals surface area contributed by atoms with Crippen LogP contribution in [0.2, 0.25) is 0 Å². The van der Waals surface area contributed by atoms with E-state index in [1.807, 2.05) is 0 Å². The summed E-state index contributed by atoms with van der Waals surface area (Å²) in [6, 6.07) is 0. The van der Waals surface area contributed by atoms with Crippen molar-refractivity contribution in [3.8, 4) is 0 Å². The van der Waals surface area contributed by atoms with Crippen LogP contribution in [0.1, 0.15) is 19.3 Å². The van der Waals surface area contributed by atoms with Crippen molar-refractivity contribution in [2.75, 3.05) is 0 Å². The number of nitrogens with zero attached hydrogens (tertiary/aromatic N) is 1. The van der Waals surface area contributed by atoms with Gasteiger partial charge in [-0.25, -0.2) is 0 Å². The van der Waals surface area contributed by atoms with E-state index in [0.717, 1.165) is 5.76 Å². The smallest absolute Gasteiger partial charge is 0.130 e. The van der Waals surface area contributed by atoms with Crippen molar-refractivity contribution in [3.63, 3.8) is 0 Å². The molecule has 1 saturated carbocycles. The highest BCUT2D eigenvalue weighted by atomic mass is 16.6. The van der Waals surface area contributed by atoms with Crippen LogP contribution >= 0.6 is 0 Å². The van der Waals surface area contributed by atoms with Gasteiger partial charge in [0.25, 0.3) is 0 Å². The second kappa shape index (κ2) is 2.67. The van der Waals surface area contributed by atoms with E-state index < -0.39 is 0 Å². The number of hydrogen-bond acceptors (Lipinski definition) is 2. The van der Waals surface area contributed by atoms with Gasteiger partial charge in [-0.15, -0.1) is 0 Å². The first-order chi connectivity index (χ1) is 4.34. The summed E-state index contributed by atoms with van der Waals surface area (Å²) in [7, 11) is 0. The molecule has 1 fully saturated rings. The lowest BCUT2D eigenvalue weighted by Gasteiger charge is -2.24. The second-order valence-corrected chi connectivity index (χ2v) is 2.31. The molecule has 0 aromatic heterocycles. The third kappa shape index (κ3) is 1.31. The lowest BCUT2D eigenvalue weighted by atomic mass is 9.84. The fourth-order valence-electron chi connectivity index (χ4n) is 0.888. The maximum atomic E-state index is 4.77. The molecule has 50 valence electrons. The van der Waals surface area contributed by atoms with Gasteiger partial charge in [0.05, 0.1) is 0 Å². The molecule has 0 saturated heterocycles. The van der Waals surface area contributed by atoms with Crippen LogP contribution in [0.3, 0.4) is 0 Å². The summed E-state index contributed by atoms with van der Waals surface area (Å²) in [5, 5.41) is 3.29. The van der Waals surface area contributed by atoms with Gasteiger partial charge in [0.1, 0.15) is 5.76 Å². The van der Waals surface area contributed by atoms with Crippen LogP contribution in [-0.4, -0.2) is 6.72 Å². The van der Waals surface area contributed by atoms with Crippen LogP contribution in [0.4, 0.5) is 0 Å². The van der Waals surface area contributed by atoms with Crippen molar-refractivity contribution >= 4 is 6.72 Å². The Kier molecular flexibility index (Phi) is 1.88. The van der Waals surface area contributed by atoms with Crippen LogP contribution < -0.4 is 0 Å². The summed E-state index contributed by atoms with van der Waals surface area (Å²) in [5.74, 6) is 1.33. The molecule has 0 aromatic rings. The number of allylic oxidation sites excluding steroid dienone is 1. The molecule has 0 aromatic carbocycles. The van der Waals surface area contributed by atoms with E-state index in [2.05, 4.69) is 18.5 Å². The van der Waals surface area contributed by atoms with E-state index in [-0.39, 0.29) is 0 Å². The van der Waals surface area contributed by atoms with Crippen LogP contribution in [0, 0.1) is 5.92 Å². The van der Waals surface area contributed by atoms with Gasteiger partial charge in [-0.05, 0) is 12.8 Å². The molecule has 0 heterocycles. The first kappa shape index (κ1) is 6.33. The lowest BCUT2D eigenvalue weighted by molar-refractivity contribution is 0.157. The van der Waals surface area contributed by atoms with Gasteiger partial charge in [0, 0.05) is 12.6 Å². The fourth-order valence-corrected chi connectivity index (χ4v) is 0.888. The Morgan fingerprint density at radius 3 is 2.56 bits per heavy atom. The van der Waals surface area contributed by atoms with Gasteiger partial charge < -0.3 is 4.84 Å². The molecule has 9 heavy (non-hydrogen) atoms. The minimum Gasteiger partial charge on any atom is -0.362 e. The molecular weight excluding hydrogens is 114 g/mol. The van der Waals surface area contributed by atoms with E-state index in [4.69, 9.17) is 4.84 Å². The molecule has 1 aliphatic carbocycles. The summed E-state index contributed by atoms with van der Waals surface area (Å²) >= 11 is 0. The minimum absolute atomic E-state index is 0.551. The molecule has 2 nitrogen and oxygen atoms in total. The maximum Gasteiger partial charge on any atom is 0.130 e. The Balaban J connectivity index is 2.23. The van der Waals surface area contributed by atoms with Crippen molar-refractivity contribution < 1.29 is 4.84 Å². The number of rotatable bonds is 3. The Bertz CT molecular complexity index is 127. The highest BCUT2D eigenvalue weighted by Crippen LogP contribution is 2.32. The average Bonchev–Trinajstić information content (AvgIpc) is 1.60. The number of oxime groups is 1. The highest BCUT2D eigenvalue weighted by Gasteiger charge is 2.21. The van der Waals surface area contributed by atoms with E-state index in [1.165, 1.54) is 19.3 Å². The van der Waals surface area contributed by atoms with Gasteiger partial charge in [-0.3, -0.25) is 0 Å². The minimum atomic E-state index is 0.551. The zero-order valence-electron chi connectivity index (χ0n) is 5.47. The summed E-state index contributed by atoms with van der Waals surface area (Å²) in [6.45, 7) is 6.92. The summed E-state index contributed by atoms with van der Waals surface area (Å²) < 4.78 is 0. The Hall–Kier alpha value is -0.790. The Labute approximate surface area is 55.2 Å². The van der Waals surface area contributed by atoms with E-state index in [9.17, 15) is 0 Å². The molecule has 1 rings (SSSR count). The molecule has 0 unspecified atom stereocenters.